The van der Waals surface area contributed by atoms with E-state index >= 15 is 0 Å². The molecule has 0 atom stereocenters. The first kappa shape index (κ1) is 21.1. The molecule has 148 valence electrons. The second kappa shape index (κ2) is 10.8. The molecule has 0 fully saturated rings. The summed E-state index contributed by atoms with van der Waals surface area (Å²) in [6.45, 7) is 0.845. The number of benzene rings is 3. The summed E-state index contributed by atoms with van der Waals surface area (Å²) in [4.78, 5) is 12.3. The Balaban J connectivity index is 1.48. The molecule has 5 nitrogen and oxygen atoms in total. The van der Waals surface area contributed by atoms with Crippen LogP contribution in [0.25, 0.3) is 0 Å². The lowest BCUT2D eigenvalue weighted by Gasteiger charge is -2.12. The van der Waals surface area contributed by atoms with Gasteiger partial charge in [-0.25, -0.2) is 0 Å². The van der Waals surface area contributed by atoms with Gasteiger partial charge in [-0.15, -0.1) is 0 Å². The minimum Gasteiger partial charge on any atom is -0.490 e. The van der Waals surface area contributed by atoms with Crippen molar-refractivity contribution in [1.82, 2.24) is 5.32 Å². The van der Waals surface area contributed by atoms with Crippen molar-refractivity contribution < 1.29 is 14.3 Å². The Morgan fingerprint density at radius 3 is 2.28 bits per heavy atom. The van der Waals surface area contributed by atoms with Gasteiger partial charge in [0.15, 0.2) is 5.11 Å². The predicted octanol–water partition coefficient (Wildman–Crippen LogP) is 4.88. The summed E-state index contributed by atoms with van der Waals surface area (Å²) >= 11 is 7.37. The van der Waals surface area contributed by atoms with Crippen LogP contribution in [0.15, 0.2) is 78.9 Å². The number of amides is 1. The highest BCUT2D eigenvalue weighted by Gasteiger charge is 2.11. The fourth-order valence-corrected chi connectivity index (χ4v) is 3.32. The van der Waals surface area contributed by atoms with E-state index in [2.05, 4.69) is 33.2 Å². The van der Waals surface area contributed by atoms with Crippen molar-refractivity contribution in [2.45, 2.75) is 0 Å². The van der Waals surface area contributed by atoms with Crippen molar-refractivity contribution in [1.29, 1.82) is 0 Å². The van der Waals surface area contributed by atoms with E-state index in [4.69, 9.17) is 21.7 Å². The molecule has 0 aliphatic rings. The van der Waals surface area contributed by atoms with Crippen molar-refractivity contribution in [3.05, 3.63) is 88.0 Å². The normalized spacial score (nSPS) is 10.1. The fraction of sp³-hybridized carbons (Fsp3) is 0.0909. The van der Waals surface area contributed by atoms with Gasteiger partial charge in [-0.3, -0.25) is 10.1 Å². The quantitative estimate of drug-likeness (QED) is 0.266. The highest BCUT2D eigenvalue weighted by molar-refractivity contribution is 14.1. The first-order valence-electron chi connectivity index (χ1n) is 8.89. The van der Waals surface area contributed by atoms with Gasteiger partial charge >= 0.3 is 0 Å². The molecule has 0 spiro atoms. The van der Waals surface area contributed by atoms with E-state index in [9.17, 15) is 4.79 Å². The standard InChI is InChI=1S/C22H19IN2O3S/c23-20-12-5-4-11-19(20)21(26)25-22(29)24-16-7-6-10-18(15-16)28-14-13-27-17-8-2-1-3-9-17/h1-12,15H,13-14H2,(H2,24,25,26,29). The van der Waals surface area contributed by atoms with Crippen molar-refractivity contribution in [2.75, 3.05) is 18.5 Å². The van der Waals surface area contributed by atoms with Gasteiger partial charge in [0, 0.05) is 15.3 Å². The second-order valence-corrected chi connectivity index (χ2v) is 7.50. The minimum absolute atomic E-state index is 0.221. The number of nitrogens with one attached hydrogen (secondary N) is 2. The Labute approximate surface area is 188 Å². The zero-order valence-corrected chi connectivity index (χ0v) is 18.4. The number of anilines is 1. The number of halogens is 1. The Kier molecular flexibility index (Phi) is 7.83. The van der Waals surface area contributed by atoms with Crippen molar-refractivity contribution >= 4 is 51.5 Å². The van der Waals surface area contributed by atoms with Gasteiger partial charge < -0.3 is 14.8 Å². The van der Waals surface area contributed by atoms with Crippen LogP contribution < -0.4 is 20.1 Å². The summed E-state index contributed by atoms with van der Waals surface area (Å²) in [5.41, 5.74) is 1.30. The van der Waals surface area contributed by atoms with Crippen LogP contribution in [0.2, 0.25) is 0 Å². The molecule has 0 bridgehead atoms. The summed E-state index contributed by atoms with van der Waals surface area (Å²) < 4.78 is 12.2. The molecule has 0 saturated heterocycles. The maximum Gasteiger partial charge on any atom is 0.258 e. The molecule has 0 heterocycles. The average molecular weight is 518 g/mol. The fourth-order valence-electron chi connectivity index (χ4n) is 2.48. The number of rotatable bonds is 7. The highest BCUT2D eigenvalue weighted by Crippen LogP contribution is 2.18. The van der Waals surface area contributed by atoms with Crippen LogP contribution in [-0.4, -0.2) is 24.2 Å². The van der Waals surface area contributed by atoms with Crippen LogP contribution in [0.4, 0.5) is 5.69 Å². The molecule has 0 saturated carbocycles. The molecule has 3 aromatic rings. The molecule has 0 unspecified atom stereocenters. The molecule has 1 amide bonds. The van der Waals surface area contributed by atoms with Crippen LogP contribution >= 0.6 is 34.8 Å². The Hall–Kier alpha value is -2.65. The Morgan fingerprint density at radius 2 is 1.52 bits per heavy atom. The third kappa shape index (κ3) is 6.72. The summed E-state index contributed by atoms with van der Waals surface area (Å²) in [6, 6.07) is 24.3. The number of para-hydroxylation sites is 1. The molecule has 29 heavy (non-hydrogen) atoms. The van der Waals surface area contributed by atoms with Crippen LogP contribution in [0.1, 0.15) is 10.4 Å². The largest absolute Gasteiger partial charge is 0.490 e. The van der Waals surface area contributed by atoms with Gasteiger partial charge in [0.1, 0.15) is 24.7 Å². The zero-order chi connectivity index (χ0) is 20.5. The van der Waals surface area contributed by atoms with E-state index < -0.39 is 0 Å². The van der Waals surface area contributed by atoms with Crippen molar-refractivity contribution in [3.8, 4) is 11.5 Å². The maximum absolute atomic E-state index is 12.3. The zero-order valence-electron chi connectivity index (χ0n) is 15.4. The van der Waals surface area contributed by atoms with Crippen LogP contribution in [0.3, 0.4) is 0 Å². The number of carbonyl (C=O) groups is 1. The second-order valence-electron chi connectivity index (χ2n) is 5.93. The first-order chi connectivity index (χ1) is 14.1. The lowest BCUT2D eigenvalue weighted by atomic mass is 10.2. The van der Waals surface area contributed by atoms with Gasteiger partial charge in [0.25, 0.3) is 5.91 Å². The van der Waals surface area contributed by atoms with E-state index in [1.54, 1.807) is 6.07 Å². The predicted molar refractivity (Wildman–Crippen MR) is 127 cm³/mol. The molecule has 0 aliphatic carbocycles. The minimum atomic E-state index is -0.252. The third-order valence-corrected chi connectivity index (χ3v) is 4.95. The average Bonchev–Trinajstić information content (AvgIpc) is 2.72. The highest BCUT2D eigenvalue weighted by atomic mass is 127. The molecular formula is C22H19IN2O3S. The summed E-state index contributed by atoms with van der Waals surface area (Å²) in [5.74, 6) is 1.23. The molecular weight excluding hydrogens is 499 g/mol. The number of thiocarbonyl (C=S) groups is 1. The van der Waals surface area contributed by atoms with Crippen molar-refractivity contribution in [3.63, 3.8) is 0 Å². The van der Waals surface area contributed by atoms with Gasteiger partial charge in [0.05, 0.1) is 5.56 Å². The summed E-state index contributed by atoms with van der Waals surface area (Å²) in [5, 5.41) is 5.92. The Bertz CT molecular complexity index is 983. The van der Waals surface area contributed by atoms with Gasteiger partial charge in [0.2, 0.25) is 0 Å². The lowest BCUT2D eigenvalue weighted by molar-refractivity contribution is 0.0977. The number of hydrogen-bond acceptors (Lipinski definition) is 4. The summed E-state index contributed by atoms with van der Waals surface area (Å²) in [7, 11) is 0. The SMILES string of the molecule is O=C(NC(=S)Nc1cccc(OCCOc2ccccc2)c1)c1ccccc1I. The number of ether oxygens (including phenoxy) is 2. The molecule has 0 aliphatic heterocycles. The summed E-state index contributed by atoms with van der Waals surface area (Å²) in [6.07, 6.45) is 0. The topological polar surface area (TPSA) is 59.6 Å². The van der Waals surface area contributed by atoms with Crippen LogP contribution in [0, 0.1) is 3.57 Å². The van der Waals surface area contributed by atoms with E-state index in [-0.39, 0.29) is 11.0 Å². The van der Waals surface area contributed by atoms with Crippen molar-refractivity contribution in [2.24, 2.45) is 0 Å². The monoisotopic (exact) mass is 518 g/mol. The van der Waals surface area contributed by atoms with Gasteiger partial charge in [-0.2, -0.15) is 0 Å². The first-order valence-corrected chi connectivity index (χ1v) is 10.4. The Morgan fingerprint density at radius 1 is 0.862 bits per heavy atom. The molecule has 0 aromatic heterocycles. The van der Waals surface area contributed by atoms with Gasteiger partial charge in [-0.1, -0.05) is 36.4 Å². The molecule has 2 N–H and O–H groups in total. The molecule has 7 heteroatoms. The third-order valence-electron chi connectivity index (χ3n) is 3.80. The van der Waals surface area contributed by atoms with E-state index in [1.807, 2.05) is 72.8 Å². The van der Waals surface area contributed by atoms with Gasteiger partial charge in [-0.05, 0) is 71.2 Å². The number of hydrogen-bond donors (Lipinski definition) is 2. The molecule has 3 rings (SSSR count). The van der Waals surface area contributed by atoms with E-state index in [0.29, 0.717) is 24.5 Å². The maximum atomic E-state index is 12.3. The smallest absolute Gasteiger partial charge is 0.258 e. The van der Waals surface area contributed by atoms with Crippen LogP contribution in [-0.2, 0) is 0 Å². The molecule has 0 radical (unpaired) electrons. The van der Waals surface area contributed by atoms with Crippen LogP contribution in [0.5, 0.6) is 11.5 Å². The molecule has 3 aromatic carbocycles. The van der Waals surface area contributed by atoms with E-state index in [0.717, 1.165) is 15.0 Å². The lowest BCUT2D eigenvalue weighted by Crippen LogP contribution is -2.34. The van der Waals surface area contributed by atoms with E-state index in [1.165, 1.54) is 0 Å². The number of carbonyl (C=O) groups excluding carboxylic acids is 1.